The Labute approximate surface area is 732 Å². The summed E-state index contributed by atoms with van der Waals surface area (Å²) in [5.41, 5.74) is 14.8. The second-order valence-electron chi connectivity index (χ2n) is 31.6. The van der Waals surface area contributed by atoms with Crippen molar-refractivity contribution in [2.24, 2.45) is 0 Å². The van der Waals surface area contributed by atoms with E-state index in [1.54, 1.807) is 0 Å². The number of aromatic nitrogens is 15. The SMILES string of the molecule is CC(C)c1nc(-c2ccccc2)nc(-c2ccc(-c3ccccc3)cc2)n1.CC(C)c1nc(-c2ccccc2)nc(-c2ccc3ccccc3c2)n1.CC(C)c1nc(-c2ccccc2)nc(-c2cccc3ccccc23)n1.CC(C)c1nc(-c2ccccc2)nc(-c2ccccc2)n1.CC(C)c1nc(-c2ccccc2)nc(-c2ccccc2-c2ccccc2)n1. The van der Waals surface area contributed by atoms with Gasteiger partial charge in [0.15, 0.2) is 58.2 Å². The minimum Gasteiger partial charge on any atom is -0.213 e. The molecule has 0 amide bonds. The van der Waals surface area contributed by atoms with Crippen LogP contribution in [-0.2, 0) is 0 Å². The summed E-state index contributed by atoms with van der Waals surface area (Å²) in [4.78, 5) is 70.6. The second-order valence-corrected chi connectivity index (χ2v) is 31.6. The van der Waals surface area contributed by atoms with Crippen LogP contribution in [0.25, 0.3) is 158 Å². The van der Waals surface area contributed by atoms with E-state index in [4.69, 9.17) is 44.9 Å². The summed E-state index contributed by atoms with van der Waals surface area (Å²) in [7, 11) is 0. The molecule has 0 saturated heterocycles. The van der Waals surface area contributed by atoms with Crippen LogP contribution in [0.2, 0.25) is 0 Å². The van der Waals surface area contributed by atoms with E-state index in [9.17, 15) is 0 Å². The van der Waals surface area contributed by atoms with Gasteiger partial charge in [0, 0.05) is 85.2 Å². The van der Waals surface area contributed by atoms with Gasteiger partial charge in [-0.3, -0.25) is 0 Å². The van der Waals surface area contributed by atoms with Gasteiger partial charge < -0.3 is 0 Å². The van der Waals surface area contributed by atoms with Crippen LogP contribution in [0.1, 0.15) is 128 Å². The molecule has 0 radical (unpaired) electrons. The highest BCUT2D eigenvalue weighted by molar-refractivity contribution is 5.95. The van der Waals surface area contributed by atoms with Crippen molar-refractivity contribution in [3.63, 3.8) is 0 Å². The number of fused-ring (bicyclic) bond motifs is 2. The molecule has 0 saturated carbocycles. The molecule has 0 aliphatic carbocycles. The van der Waals surface area contributed by atoms with E-state index in [0.29, 0.717) is 17.5 Å². The Kier molecular flexibility index (Phi) is 27.6. The summed E-state index contributed by atoms with van der Waals surface area (Å²) in [6, 6.07) is 127. The lowest BCUT2D eigenvalue weighted by Gasteiger charge is -2.12. The third-order valence-electron chi connectivity index (χ3n) is 20.6. The first-order chi connectivity index (χ1) is 61.1. The lowest BCUT2D eigenvalue weighted by molar-refractivity contribution is 0.766. The minimum atomic E-state index is 0.220. The predicted molar refractivity (Wildman–Crippen MR) is 510 cm³/mol. The fourth-order valence-electron chi connectivity index (χ4n) is 13.8. The van der Waals surface area contributed by atoms with Gasteiger partial charge in [0.1, 0.15) is 29.1 Å². The van der Waals surface area contributed by atoms with E-state index >= 15 is 0 Å². The van der Waals surface area contributed by atoms with Crippen molar-refractivity contribution in [2.45, 2.75) is 98.8 Å². The summed E-state index contributed by atoms with van der Waals surface area (Å²) in [5, 5.41) is 4.75. The van der Waals surface area contributed by atoms with Gasteiger partial charge >= 0.3 is 0 Å². The Hall–Kier alpha value is -15.4. The molecule has 5 heterocycles. The molecular formula is C110H97N15. The average molecular weight is 1630 g/mol. The standard InChI is InChI=1S/2C24H21N3.2C22H19N3.C18H17N3/c1-17(2)22-25-23(19-13-7-4-8-14-19)27-24(26-22)21-16-10-9-15-20(21)18-11-5-3-6-12-18;1-17(2)22-25-23(20-11-7-4-8-12-20)27-24(26-22)21-15-13-19(14-16-21)18-9-5-3-6-10-18;1-15(2)20-23-21(17-10-4-3-5-11-17)25-22(24-20)19-14-8-12-16-9-6-7-13-18(16)19;1-15(2)20-23-21(17-9-4-3-5-10-17)25-22(24-20)19-13-12-16-8-6-7-11-18(16)14-19;1-13(2)16-19-17(14-9-5-3-6-10-14)21-18(20-16)15-11-7-4-8-12-15/h2*3-17H,1-2H3;2*3-15H,1-2H3;3-13H,1-2H3. The zero-order valence-electron chi connectivity index (χ0n) is 71.9. The first-order valence-corrected chi connectivity index (χ1v) is 42.5. The molecule has 19 rings (SSSR count). The van der Waals surface area contributed by atoms with Crippen LogP contribution in [0.3, 0.4) is 0 Å². The molecule has 0 fully saturated rings. The smallest absolute Gasteiger partial charge is 0.164 e. The monoisotopic (exact) mass is 1630 g/mol. The number of nitrogens with zero attached hydrogens (tertiary/aromatic N) is 15. The molecule has 612 valence electrons. The number of rotatable bonds is 17. The fraction of sp³-hybridized carbons (Fsp3) is 0.136. The molecule has 0 aliphatic heterocycles. The minimum absolute atomic E-state index is 0.220. The van der Waals surface area contributed by atoms with E-state index < -0.39 is 0 Å². The van der Waals surface area contributed by atoms with Crippen LogP contribution in [0, 0.1) is 0 Å². The van der Waals surface area contributed by atoms with Crippen LogP contribution in [0.15, 0.2) is 376 Å². The first kappa shape index (κ1) is 84.7. The van der Waals surface area contributed by atoms with Crippen molar-refractivity contribution in [3.05, 3.63) is 405 Å². The van der Waals surface area contributed by atoms with E-state index in [2.05, 4.69) is 275 Å². The third kappa shape index (κ3) is 21.7. The van der Waals surface area contributed by atoms with Gasteiger partial charge in [-0.15, -0.1) is 0 Å². The highest BCUT2D eigenvalue weighted by atomic mass is 15.1. The highest BCUT2D eigenvalue weighted by Crippen LogP contribution is 2.35. The molecule has 0 unspecified atom stereocenters. The van der Waals surface area contributed by atoms with Crippen LogP contribution >= 0.6 is 0 Å². The fourth-order valence-corrected chi connectivity index (χ4v) is 13.8. The van der Waals surface area contributed by atoms with Gasteiger partial charge in [0.25, 0.3) is 0 Å². The molecule has 0 atom stereocenters. The molecule has 15 heteroatoms. The second kappa shape index (κ2) is 40.8. The number of benzene rings is 14. The van der Waals surface area contributed by atoms with Crippen molar-refractivity contribution in [1.82, 2.24) is 74.8 Å². The zero-order chi connectivity index (χ0) is 86.4. The Bertz CT molecular complexity index is 6660. The number of hydrogen-bond acceptors (Lipinski definition) is 15. The van der Waals surface area contributed by atoms with Gasteiger partial charge in [0.2, 0.25) is 0 Å². The Balaban J connectivity index is 0.000000121. The van der Waals surface area contributed by atoms with Crippen molar-refractivity contribution in [1.29, 1.82) is 0 Å². The third-order valence-corrected chi connectivity index (χ3v) is 20.6. The predicted octanol–water partition coefficient (Wildman–Crippen LogP) is 27.3. The van der Waals surface area contributed by atoms with E-state index in [-0.39, 0.29) is 29.6 Å². The molecule has 0 bridgehead atoms. The molecule has 0 spiro atoms. The quantitative estimate of drug-likeness (QED) is 0.0835. The van der Waals surface area contributed by atoms with Gasteiger partial charge in [0.05, 0.1) is 0 Å². The van der Waals surface area contributed by atoms with E-state index in [1.165, 1.54) is 27.3 Å². The van der Waals surface area contributed by atoms with Gasteiger partial charge in [-0.25, -0.2) is 74.8 Å². The summed E-state index contributed by atoms with van der Waals surface area (Å²) in [6.45, 7) is 21.0. The van der Waals surface area contributed by atoms with E-state index in [0.717, 1.165) is 142 Å². The lowest BCUT2D eigenvalue weighted by Crippen LogP contribution is -2.05. The van der Waals surface area contributed by atoms with Crippen LogP contribution < -0.4 is 0 Å². The van der Waals surface area contributed by atoms with Crippen LogP contribution in [0.5, 0.6) is 0 Å². The molecule has 0 N–H and O–H groups in total. The normalized spacial score (nSPS) is 11.0. The molecule has 0 aliphatic rings. The summed E-state index contributed by atoms with van der Waals surface area (Å²) in [6.07, 6.45) is 0. The molecule has 19 aromatic rings. The summed E-state index contributed by atoms with van der Waals surface area (Å²) in [5.74, 6) is 12.5. The van der Waals surface area contributed by atoms with Gasteiger partial charge in [-0.2, -0.15) is 0 Å². The van der Waals surface area contributed by atoms with Gasteiger partial charge in [-0.1, -0.05) is 439 Å². The molecule has 14 aromatic carbocycles. The first-order valence-electron chi connectivity index (χ1n) is 42.5. The molecular weight excluding hydrogens is 1530 g/mol. The maximum atomic E-state index is 4.82. The molecule has 125 heavy (non-hydrogen) atoms. The molecule has 15 nitrogen and oxygen atoms in total. The highest BCUT2D eigenvalue weighted by Gasteiger charge is 2.21. The van der Waals surface area contributed by atoms with Crippen molar-refractivity contribution >= 4 is 21.5 Å². The van der Waals surface area contributed by atoms with Crippen molar-refractivity contribution in [3.8, 4) is 136 Å². The van der Waals surface area contributed by atoms with E-state index in [1.807, 2.05) is 200 Å². The largest absolute Gasteiger partial charge is 0.213 e. The maximum absolute atomic E-state index is 4.82. The maximum Gasteiger partial charge on any atom is 0.164 e. The van der Waals surface area contributed by atoms with Crippen LogP contribution in [0.4, 0.5) is 0 Å². The van der Waals surface area contributed by atoms with Gasteiger partial charge in [-0.05, 0) is 49.9 Å². The number of hydrogen-bond donors (Lipinski definition) is 0. The summed E-state index contributed by atoms with van der Waals surface area (Å²) < 4.78 is 0. The summed E-state index contributed by atoms with van der Waals surface area (Å²) >= 11 is 0. The molecule has 5 aromatic heterocycles. The average Bonchev–Trinajstić information content (AvgIpc) is 0.790. The Morgan fingerprint density at radius 2 is 0.352 bits per heavy atom. The zero-order valence-corrected chi connectivity index (χ0v) is 71.9. The lowest BCUT2D eigenvalue weighted by atomic mass is 9.99. The Morgan fingerprint density at radius 3 is 0.704 bits per heavy atom. The van der Waals surface area contributed by atoms with Crippen LogP contribution in [-0.4, -0.2) is 74.8 Å². The van der Waals surface area contributed by atoms with Crippen molar-refractivity contribution in [2.75, 3.05) is 0 Å². The Morgan fingerprint density at radius 1 is 0.136 bits per heavy atom. The topological polar surface area (TPSA) is 193 Å². The van der Waals surface area contributed by atoms with Crippen molar-refractivity contribution < 1.29 is 0 Å².